The number of imide groups is 2. The van der Waals surface area contributed by atoms with Crippen LogP contribution in [0.15, 0.2) is 96.6 Å². The van der Waals surface area contributed by atoms with Crippen LogP contribution in [0.25, 0.3) is 0 Å². The number of hydrazine groups is 1. The van der Waals surface area contributed by atoms with Crippen molar-refractivity contribution in [1.29, 1.82) is 0 Å². The minimum absolute atomic E-state index is 0.0179. The zero-order valence-corrected chi connectivity index (χ0v) is 30.6. The highest BCUT2D eigenvalue weighted by molar-refractivity contribution is 6.36. The molecule has 54 heavy (non-hydrogen) atoms. The maximum atomic E-state index is 15.4. The van der Waals surface area contributed by atoms with Crippen LogP contribution in [0.3, 0.4) is 0 Å². The van der Waals surface area contributed by atoms with E-state index in [-0.39, 0.29) is 51.1 Å². The van der Waals surface area contributed by atoms with Crippen LogP contribution in [-0.2, 0) is 24.6 Å². The average Bonchev–Trinajstić information content (AvgIpc) is 3.54. The lowest BCUT2D eigenvalue weighted by Crippen LogP contribution is -2.53. The third kappa shape index (κ3) is 5.28. The maximum Gasteiger partial charge on any atom is 0.335 e. The number of methoxy groups -OCH3 is 1. The van der Waals surface area contributed by atoms with Crippen molar-refractivity contribution in [1.82, 2.24) is 5.01 Å². The topological polar surface area (TPSA) is 154 Å². The van der Waals surface area contributed by atoms with Crippen LogP contribution in [0.5, 0.6) is 11.5 Å². The third-order valence-corrected chi connectivity index (χ3v) is 12.0. The number of aromatic hydroxyl groups is 1. The fourth-order valence-electron chi connectivity index (χ4n) is 8.98. The molecule has 0 bridgehead atoms. The van der Waals surface area contributed by atoms with Gasteiger partial charge in [0.1, 0.15) is 11.5 Å². The third-order valence-electron chi connectivity index (χ3n) is 11.2. The number of aromatic carboxylic acids is 1. The first-order chi connectivity index (χ1) is 25.9. The van der Waals surface area contributed by atoms with Crippen molar-refractivity contribution in [2.75, 3.05) is 17.4 Å². The van der Waals surface area contributed by atoms with Crippen molar-refractivity contribution in [3.63, 3.8) is 0 Å². The second kappa shape index (κ2) is 13.2. The molecule has 2 saturated heterocycles. The molecule has 2 aliphatic carbocycles. The first kappa shape index (κ1) is 35.7. The Morgan fingerprint density at radius 3 is 2.30 bits per heavy atom. The number of rotatable bonds is 7. The number of anilines is 2. The van der Waals surface area contributed by atoms with Gasteiger partial charge in [-0.15, -0.1) is 0 Å². The second-order valence-electron chi connectivity index (χ2n) is 13.8. The van der Waals surface area contributed by atoms with E-state index in [0.29, 0.717) is 21.9 Å². The molecule has 2 aliphatic heterocycles. The van der Waals surface area contributed by atoms with E-state index in [4.69, 9.17) is 39.5 Å². The van der Waals surface area contributed by atoms with Gasteiger partial charge in [-0.05, 0) is 91.1 Å². The van der Waals surface area contributed by atoms with Gasteiger partial charge in [-0.3, -0.25) is 29.5 Å². The minimum Gasteiger partial charge on any atom is -0.508 e. The van der Waals surface area contributed by atoms with E-state index in [0.717, 1.165) is 9.91 Å². The molecule has 1 saturated carbocycles. The molecule has 11 nitrogen and oxygen atoms in total. The molecule has 3 fully saturated rings. The molecule has 6 atom stereocenters. The number of phenols is 1. The first-order valence-electron chi connectivity index (χ1n) is 17.0. The summed E-state index contributed by atoms with van der Waals surface area (Å²) in [5.74, 6) is -7.90. The summed E-state index contributed by atoms with van der Waals surface area (Å²) in [4.78, 5) is 71.6. The van der Waals surface area contributed by atoms with Crippen molar-refractivity contribution in [3.05, 3.63) is 128 Å². The molecule has 14 heteroatoms. The number of ether oxygens (including phenoxy) is 1. The molecular formula is C40H30Cl3N3O8. The van der Waals surface area contributed by atoms with E-state index in [1.54, 1.807) is 36.4 Å². The van der Waals surface area contributed by atoms with E-state index in [1.807, 2.05) is 6.08 Å². The first-order valence-corrected chi connectivity index (χ1v) is 18.1. The summed E-state index contributed by atoms with van der Waals surface area (Å²) in [6, 6.07) is 21.4. The van der Waals surface area contributed by atoms with Crippen molar-refractivity contribution in [2.24, 2.45) is 23.7 Å². The van der Waals surface area contributed by atoms with Crippen molar-refractivity contribution < 1.29 is 38.9 Å². The number of amides is 4. The molecule has 4 aliphatic rings. The van der Waals surface area contributed by atoms with E-state index >= 15 is 4.79 Å². The number of carbonyl (C=O) groups is 5. The molecule has 0 radical (unpaired) electrons. The average molecular weight is 787 g/mol. The lowest BCUT2D eigenvalue weighted by Gasteiger charge is -2.50. The summed E-state index contributed by atoms with van der Waals surface area (Å²) in [6.07, 6.45) is 1.93. The maximum absolute atomic E-state index is 15.4. The molecule has 3 N–H and O–H groups in total. The zero-order chi connectivity index (χ0) is 38.2. The number of carbonyl (C=O) groups excluding carboxylic acids is 4. The summed E-state index contributed by atoms with van der Waals surface area (Å²) < 4.78 is 5.43. The molecule has 0 aromatic heterocycles. The number of hydrogen-bond acceptors (Lipinski definition) is 8. The highest BCUT2D eigenvalue weighted by Gasteiger charge is 2.70. The summed E-state index contributed by atoms with van der Waals surface area (Å²) in [5.41, 5.74) is 2.79. The fraction of sp³-hybridized carbons (Fsp3) is 0.225. The number of allylic oxidation sites excluding steroid dienone is 2. The van der Waals surface area contributed by atoms with E-state index in [2.05, 4.69) is 5.43 Å². The van der Waals surface area contributed by atoms with Gasteiger partial charge in [0.15, 0.2) is 0 Å². The Balaban J connectivity index is 1.33. The van der Waals surface area contributed by atoms with Crippen molar-refractivity contribution in [3.8, 4) is 11.5 Å². The summed E-state index contributed by atoms with van der Waals surface area (Å²) in [5, 5.41) is 22.9. The van der Waals surface area contributed by atoms with Gasteiger partial charge in [0.2, 0.25) is 11.8 Å². The summed E-state index contributed by atoms with van der Waals surface area (Å²) >= 11 is 19.2. The second-order valence-corrected chi connectivity index (χ2v) is 15.1. The Labute approximate surface area is 323 Å². The predicted molar refractivity (Wildman–Crippen MR) is 200 cm³/mol. The standard InChI is InChI=1S/C40H30Cl3N3O8/c1-54-24-9-5-20(6-10-24)40-29(36(49)46(39(40)53)44-31-13-7-22(42)17-30(31)43)18-27-25(34(40)28-16-21(41)8-14-32(28)47)11-12-26-33(27)37(50)45(35(26)48)23-4-2-3-19(15-23)38(51)52/h2-11,13-17,26-27,29,33-34,44,47H,12,18H2,1H3,(H,51,52)/t26-,27+,29-,33-,34+,40+/m0/s1. The highest BCUT2D eigenvalue weighted by atomic mass is 35.5. The fourth-order valence-corrected chi connectivity index (χ4v) is 9.61. The number of hydrogen-bond donors (Lipinski definition) is 3. The number of halogens is 3. The molecule has 274 valence electrons. The largest absolute Gasteiger partial charge is 0.508 e. The Morgan fingerprint density at radius 2 is 1.59 bits per heavy atom. The van der Waals surface area contributed by atoms with Gasteiger partial charge >= 0.3 is 5.97 Å². The van der Waals surface area contributed by atoms with Crippen molar-refractivity contribution in [2.45, 2.75) is 24.2 Å². The molecular weight excluding hydrogens is 757 g/mol. The van der Waals surface area contributed by atoms with Crippen molar-refractivity contribution >= 4 is 75.8 Å². The van der Waals surface area contributed by atoms with Crippen LogP contribution in [0.4, 0.5) is 11.4 Å². The normalized spacial score (nSPS) is 25.9. The van der Waals surface area contributed by atoms with Gasteiger partial charge in [0, 0.05) is 21.5 Å². The number of phenolic OH excluding ortho intramolecular Hbond substituents is 1. The Morgan fingerprint density at radius 1 is 0.870 bits per heavy atom. The van der Waals surface area contributed by atoms with E-state index < -0.39 is 64.6 Å². The monoisotopic (exact) mass is 785 g/mol. The molecule has 2 heterocycles. The van der Waals surface area contributed by atoms with Gasteiger partial charge in [0.25, 0.3) is 11.8 Å². The van der Waals surface area contributed by atoms with Gasteiger partial charge in [-0.1, -0.05) is 64.7 Å². The van der Waals surface area contributed by atoms with Crippen LogP contribution < -0.4 is 15.1 Å². The van der Waals surface area contributed by atoms with Crippen LogP contribution in [0.2, 0.25) is 15.1 Å². The molecule has 4 amide bonds. The Hall–Kier alpha value is -5.36. The van der Waals surface area contributed by atoms with Gasteiger partial charge < -0.3 is 14.9 Å². The molecule has 0 unspecified atom stereocenters. The van der Waals surface area contributed by atoms with Gasteiger partial charge in [0.05, 0.1) is 52.2 Å². The number of carboxylic acid groups (broad SMARTS) is 1. The summed E-state index contributed by atoms with van der Waals surface area (Å²) in [6.45, 7) is 0. The number of benzene rings is 4. The minimum atomic E-state index is -1.70. The number of nitrogens with one attached hydrogen (secondary N) is 1. The van der Waals surface area contributed by atoms with Gasteiger partial charge in [-0.25, -0.2) is 4.79 Å². The van der Waals surface area contributed by atoms with Crippen LogP contribution in [-0.4, -0.2) is 51.9 Å². The van der Waals surface area contributed by atoms with Gasteiger partial charge in [-0.2, -0.15) is 5.01 Å². The van der Waals surface area contributed by atoms with Crippen LogP contribution in [0, 0.1) is 23.7 Å². The molecule has 8 rings (SSSR count). The molecule has 4 aromatic carbocycles. The predicted octanol–water partition coefficient (Wildman–Crippen LogP) is 7.25. The number of nitrogens with zero attached hydrogens (tertiary/aromatic N) is 2. The number of fused-ring (bicyclic) bond motifs is 4. The quantitative estimate of drug-likeness (QED) is 0.130. The van der Waals surface area contributed by atoms with E-state index in [9.17, 15) is 29.4 Å². The smallest absolute Gasteiger partial charge is 0.335 e. The van der Waals surface area contributed by atoms with Crippen LogP contribution >= 0.6 is 34.8 Å². The lowest BCUT2D eigenvalue weighted by atomic mass is 9.49. The highest BCUT2D eigenvalue weighted by Crippen LogP contribution is 2.65. The molecule has 4 aromatic rings. The lowest BCUT2D eigenvalue weighted by molar-refractivity contribution is -0.138. The van der Waals surface area contributed by atoms with Crippen LogP contribution in [0.1, 0.15) is 40.2 Å². The SMILES string of the molecule is COc1ccc([C@@]23C(=O)N(Nc4ccc(Cl)cc4Cl)C(=O)[C@@H]2C[C@@H]2C(=CC[C@@H]4C(=O)N(c5cccc(C(=O)O)c5)C(=O)[C@@H]42)[C@@H]3c2cc(Cl)ccc2O)cc1. The Bertz CT molecular complexity index is 2330. The molecule has 0 spiro atoms. The number of carboxylic acids is 1. The summed E-state index contributed by atoms with van der Waals surface area (Å²) in [7, 11) is 1.50. The van der Waals surface area contributed by atoms with E-state index in [1.165, 1.54) is 55.6 Å². The zero-order valence-electron chi connectivity index (χ0n) is 28.3. The Kier molecular flexibility index (Phi) is 8.71.